The van der Waals surface area contributed by atoms with E-state index in [4.69, 9.17) is 4.42 Å². The van der Waals surface area contributed by atoms with Gasteiger partial charge >= 0.3 is 5.63 Å². The van der Waals surface area contributed by atoms with E-state index in [1.807, 2.05) is 37.3 Å². The van der Waals surface area contributed by atoms with Crippen LogP contribution in [0.2, 0.25) is 0 Å². The predicted octanol–water partition coefficient (Wildman–Crippen LogP) is 3.79. The van der Waals surface area contributed by atoms with Gasteiger partial charge in [-0.3, -0.25) is 0 Å². The first-order valence-corrected chi connectivity index (χ1v) is 7.00. The molecule has 0 aliphatic heterocycles. The van der Waals surface area contributed by atoms with Gasteiger partial charge in [0.25, 0.3) is 0 Å². The molecule has 2 heterocycles. The maximum Gasteiger partial charge on any atom is 0.347 e. The molecular formula is C15H13NO2S. The summed E-state index contributed by atoms with van der Waals surface area (Å²) in [6.07, 6.45) is 0.903. The van der Waals surface area contributed by atoms with Crippen LogP contribution in [0.1, 0.15) is 17.4 Å². The fraction of sp³-hybridized carbons (Fsp3) is 0.200. The Balaban J connectivity index is 2.26. The Bertz CT molecular complexity index is 801. The minimum absolute atomic E-state index is 0.306. The quantitative estimate of drug-likeness (QED) is 0.712. The normalized spacial score (nSPS) is 11.1. The number of aryl methyl sites for hydroxylation is 2. The van der Waals surface area contributed by atoms with Gasteiger partial charge in [0.2, 0.25) is 5.89 Å². The summed E-state index contributed by atoms with van der Waals surface area (Å²) in [5.74, 6) is 0.403. The van der Waals surface area contributed by atoms with Crippen molar-refractivity contribution in [3.63, 3.8) is 0 Å². The first-order chi connectivity index (χ1) is 9.19. The van der Waals surface area contributed by atoms with Gasteiger partial charge in [-0.05, 0) is 31.0 Å². The number of aromatic nitrogens is 1. The van der Waals surface area contributed by atoms with E-state index in [1.165, 1.54) is 0 Å². The summed E-state index contributed by atoms with van der Waals surface area (Å²) in [5.41, 5.74) is 1.61. The zero-order valence-electron chi connectivity index (χ0n) is 10.8. The molecule has 96 valence electrons. The van der Waals surface area contributed by atoms with Crippen molar-refractivity contribution in [2.45, 2.75) is 20.3 Å². The lowest BCUT2D eigenvalue weighted by Gasteiger charge is -2.02. The zero-order chi connectivity index (χ0) is 13.4. The summed E-state index contributed by atoms with van der Waals surface area (Å²) >= 11 is 1.56. The minimum atomic E-state index is -0.306. The summed E-state index contributed by atoms with van der Waals surface area (Å²) in [6, 6.07) is 9.64. The second-order valence-corrected chi connectivity index (χ2v) is 5.52. The lowest BCUT2D eigenvalue weighted by atomic mass is 10.1. The third-order valence-electron chi connectivity index (χ3n) is 3.10. The van der Waals surface area contributed by atoms with Crippen LogP contribution in [0.15, 0.2) is 39.5 Å². The molecule has 19 heavy (non-hydrogen) atoms. The van der Waals surface area contributed by atoms with Gasteiger partial charge in [0, 0.05) is 10.4 Å². The molecule has 4 heteroatoms. The molecule has 0 atom stereocenters. The summed E-state index contributed by atoms with van der Waals surface area (Å²) in [7, 11) is 0. The summed E-state index contributed by atoms with van der Waals surface area (Å²) in [4.78, 5) is 18.4. The Kier molecular flexibility index (Phi) is 2.95. The SMILES string of the molecule is CCc1cc2c(=O)oc(-c3ccccc3C)nc2s1. The monoisotopic (exact) mass is 271 g/mol. The number of thiophene rings is 1. The zero-order valence-corrected chi connectivity index (χ0v) is 11.6. The molecule has 0 amide bonds. The first kappa shape index (κ1) is 12.1. The molecule has 0 aliphatic carbocycles. The Morgan fingerprint density at radius 2 is 2.11 bits per heavy atom. The van der Waals surface area contributed by atoms with Gasteiger partial charge < -0.3 is 4.42 Å². The lowest BCUT2D eigenvalue weighted by molar-refractivity contribution is 0.518. The average molecular weight is 271 g/mol. The van der Waals surface area contributed by atoms with Gasteiger partial charge in [-0.1, -0.05) is 25.1 Å². The van der Waals surface area contributed by atoms with Crippen molar-refractivity contribution < 1.29 is 4.42 Å². The van der Waals surface area contributed by atoms with Crippen LogP contribution in [-0.2, 0) is 6.42 Å². The highest BCUT2D eigenvalue weighted by Gasteiger charge is 2.12. The van der Waals surface area contributed by atoms with Crippen LogP contribution in [0, 0.1) is 6.92 Å². The molecule has 3 rings (SSSR count). The van der Waals surface area contributed by atoms with Crippen LogP contribution < -0.4 is 5.63 Å². The van der Waals surface area contributed by atoms with Gasteiger partial charge in [0.05, 0.1) is 5.39 Å². The second kappa shape index (κ2) is 4.63. The van der Waals surface area contributed by atoms with E-state index < -0.39 is 0 Å². The van der Waals surface area contributed by atoms with Crippen molar-refractivity contribution in [1.29, 1.82) is 0 Å². The molecule has 3 aromatic rings. The molecule has 1 aromatic carbocycles. The highest BCUT2D eigenvalue weighted by molar-refractivity contribution is 7.18. The topological polar surface area (TPSA) is 43.1 Å². The van der Waals surface area contributed by atoms with Crippen LogP contribution in [0.25, 0.3) is 21.7 Å². The van der Waals surface area contributed by atoms with Crippen LogP contribution in [0.3, 0.4) is 0 Å². The first-order valence-electron chi connectivity index (χ1n) is 6.18. The largest absolute Gasteiger partial charge is 0.403 e. The van der Waals surface area contributed by atoms with E-state index in [0.717, 1.165) is 27.3 Å². The summed E-state index contributed by atoms with van der Waals surface area (Å²) < 4.78 is 5.36. The molecule has 0 unspecified atom stereocenters. The average Bonchev–Trinajstić information content (AvgIpc) is 2.83. The second-order valence-electron chi connectivity index (χ2n) is 4.41. The number of hydrogen-bond acceptors (Lipinski definition) is 4. The third kappa shape index (κ3) is 2.08. The molecule has 0 saturated carbocycles. The number of hydrogen-bond donors (Lipinski definition) is 0. The fourth-order valence-electron chi connectivity index (χ4n) is 2.02. The lowest BCUT2D eigenvalue weighted by Crippen LogP contribution is -2.01. The molecule has 0 N–H and O–H groups in total. The highest BCUT2D eigenvalue weighted by Crippen LogP contribution is 2.26. The Hall–Kier alpha value is -1.94. The minimum Gasteiger partial charge on any atom is -0.403 e. The highest BCUT2D eigenvalue weighted by atomic mass is 32.1. The van der Waals surface area contributed by atoms with Gasteiger partial charge in [-0.15, -0.1) is 11.3 Å². The van der Waals surface area contributed by atoms with E-state index >= 15 is 0 Å². The van der Waals surface area contributed by atoms with Crippen molar-refractivity contribution in [2.75, 3.05) is 0 Å². The third-order valence-corrected chi connectivity index (χ3v) is 4.27. The van der Waals surface area contributed by atoms with Gasteiger partial charge in [-0.25, -0.2) is 9.78 Å². The molecule has 0 radical (unpaired) electrons. The van der Waals surface area contributed by atoms with Crippen LogP contribution in [-0.4, -0.2) is 4.98 Å². The summed E-state index contributed by atoms with van der Waals surface area (Å²) in [6.45, 7) is 4.04. The molecular weight excluding hydrogens is 258 g/mol. The molecule has 0 saturated heterocycles. The number of benzene rings is 1. The van der Waals surface area contributed by atoms with Crippen molar-refractivity contribution in [2.24, 2.45) is 0 Å². The molecule has 0 fully saturated rings. The van der Waals surface area contributed by atoms with Crippen LogP contribution in [0.4, 0.5) is 0 Å². The molecule has 0 spiro atoms. The number of fused-ring (bicyclic) bond motifs is 1. The van der Waals surface area contributed by atoms with Gasteiger partial charge in [0.15, 0.2) is 0 Å². The molecule has 0 aliphatic rings. The number of nitrogens with zero attached hydrogens (tertiary/aromatic N) is 1. The van der Waals surface area contributed by atoms with Crippen LogP contribution in [0.5, 0.6) is 0 Å². The molecule has 0 bridgehead atoms. The van der Waals surface area contributed by atoms with E-state index in [2.05, 4.69) is 11.9 Å². The van der Waals surface area contributed by atoms with Crippen molar-refractivity contribution in [3.05, 3.63) is 51.2 Å². The smallest absolute Gasteiger partial charge is 0.347 e. The molecule has 3 nitrogen and oxygen atoms in total. The van der Waals surface area contributed by atoms with E-state index in [0.29, 0.717) is 11.3 Å². The Morgan fingerprint density at radius 3 is 2.84 bits per heavy atom. The van der Waals surface area contributed by atoms with Crippen molar-refractivity contribution in [1.82, 2.24) is 4.98 Å². The van der Waals surface area contributed by atoms with Crippen molar-refractivity contribution >= 4 is 21.6 Å². The Morgan fingerprint density at radius 1 is 1.32 bits per heavy atom. The van der Waals surface area contributed by atoms with E-state index in [-0.39, 0.29) is 5.63 Å². The van der Waals surface area contributed by atoms with Gasteiger partial charge in [-0.2, -0.15) is 0 Å². The Labute approximate surface area is 114 Å². The standard InChI is InChI=1S/C15H13NO2S/c1-3-10-8-12-14(19-10)16-13(18-15(12)17)11-7-5-4-6-9(11)2/h4-8H,3H2,1-2H3. The fourth-order valence-corrected chi connectivity index (χ4v) is 2.97. The van der Waals surface area contributed by atoms with Crippen LogP contribution >= 0.6 is 11.3 Å². The predicted molar refractivity (Wildman–Crippen MR) is 77.7 cm³/mol. The van der Waals surface area contributed by atoms with Gasteiger partial charge in [0.1, 0.15) is 4.83 Å². The summed E-state index contributed by atoms with van der Waals surface area (Å²) in [5, 5.41) is 0.583. The maximum atomic E-state index is 12.0. The number of rotatable bonds is 2. The maximum absolute atomic E-state index is 12.0. The van der Waals surface area contributed by atoms with E-state index in [9.17, 15) is 4.79 Å². The van der Waals surface area contributed by atoms with Crippen molar-refractivity contribution in [3.8, 4) is 11.5 Å². The van der Waals surface area contributed by atoms with E-state index in [1.54, 1.807) is 11.3 Å². The molecule has 2 aromatic heterocycles.